The van der Waals surface area contributed by atoms with Crippen molar-refractivity contribution in [3.05, 3.63) is 61.2 Å². The van der Waals surface area contributed by atoms with Crippen molar-refractivity contribution in [3.8, 4) is 0 Å². The second-order valence-electron chi connectivity index (χ2n) is 11.8. The summed E-state index contributed by atoms with van der Waals surface area (Å²) in [5.74, 6) is -1.50. The van der Waals surface area contributed by atoms with Crippen LogP contribution in [0.2, 0.25) is 0 Å². The van der Waals surface area contributed by atoms with Gasteiger partial charge in [0.25, 0.3) is 0 Å². The third-order valence-corrected chi connectivity index (χ3v) is 12.2. The number of nitrogens with zero attached hydrogens (tertiary/aromatic N) is 3. The van der Waals surface area contributed by atoms with Gasteiger partial charge in [0.2, 0.25) is 17.7 Å². The smallest absolute Gasteiger partial charge is 0.247 e. The van der Waals surface area contributed by atoms with Crippen LogP contribution in [0.15, 0.2) is 55.6 Å². The normalized spacial score (nSPS) is 28.4. The Morgan fingerprint density at radius 2 is 1.76 bits per heavy atom. The minimum Gasteiger partial charge on any atom is -0.394 e. The molecule has 7 atom stereocenters. The summed E-state index contributed by atoms with van der Waals surface area (Å²) >= 11 is 5.53. The van der Waals surface area contributed by atoms with Crippen LogP contribution < -0.4 is 0 Å². The first-order valence-corrected chi connectivity index (χ1v) is 17.2. The van der Waals surface area contributed by atoms with Crippen molar-refractivity contribution in [2.45, 2.75) is 79.3 Å². The van der Waals surface area contributed by atoms with Crippen LogP contribution in [0.1, 0.15) is 51.5 Å². The fourth-order valence-electron chi connectivity index (χ4n) is 7.26. The molecule has 3 aliphatic rings. The van der Waals surface area contributed by atoms with Crippen molar-refractivity contribution in [1.82, 2.24) is 14.7 Å². The number of alkyl halides is 1. The monoisotopic (exact) mass is 659 g/mol. The van der Waals surface area contributed by atoms with Crippen molar-refractivity contribution >= 4 is 45.4 Å². The molecule has 3 amide bonds. The number of amides is 3. The van der Waals surface area contributed by atoms with E-state index in [-0.39, 0.29) is 34.4 Å². The first-order chi connectivity index (χ1) is 20.3. The lowest BCUT2D eigenvalue weighted by atomic mass is 9.70. The topological polar surface area (TPSA) is 81.2 Å². The van der Waals surface area contributed by atoms with Crippen LogP contribution in [0.25, 0.3) is 0 Å². The molecule has 0 saturated carbocycles. The highest BCUT2D eigenvalue weighted by Gasteiger charge is 2.76. The highest BCUT2D eigenvalue weighted by molar-refractivity contribution is 9.09. The van der Waals surface area contributed by atoms with Gasteiger partial charge in [-0.1, -0.05) is 85.1 Å². The molecule has 3 unspecified atom stereocenters. The molecule has 3 fully saturated rings. The first-order valence-electron chi connectivity index (χ1n) is 15.4. The number of hydrogen-bond donors (Lipinski definition) is 1. The molecule has 0 radical (unpaired) electrons. The molecule has 1 spiro atoms. The van der Waals surface area contributed by atoms with E-state index in [1.54, 1.807) is 33.7 Å². The molecular formula is C33H46BrN3O4S. The van der Waals surface area contributed by atoms with Gasteiger partial charge in [-0.05, 0) is 31.2 Å². The summed E-state index contributed by atoms with van der Waals surface area (Å²) in [5.41, 5.74) is 0.985. The fourth-order valence-corrected chi connectivity index (χ4v) is 10.8. The SMILES string of the molecule is C=CCN(CCCCC)C(=O)C1N([C@@H](CO)Cc2ccccc2)C(=O)[C@@H]2[C@@H](C(=O)N(CC=C)CCC)[C@@H]3SC12CC3Br. The van der Waals surface area contributed by atoms with Gasteiger partial charge in [-0.3, -0.25) is 14.4 Å². The molecule has 0 aliphatic carbocycles. The van der Waals surface area contributed by atoms with Crippen molar-refractivity contribution in [2.75, 3.05) is 32.8 Å². The predicted molar refractivity (Wildman–Crippen MR) is 173 cm³/mol. The van der Waals surface area contributed by atoms with Gasteiger partial charge in [-0.15, -0.1) is 24.9 Å². The van der Waals surface area contributed by atoms with E-state index in [2.05, 4.69) is 36.0 Å². The van der Waals surface area contributed by atoms with Crippen LogP contribution in [0, 0.1) is 11.8 Å². The summed E-state index contributed by atoms with van der Waals surface area (Å²) in [6.07, 6.45) is 8.22. The number of likely N-dealkylation sites (tertiary alicyclic amines) is 1. The van der Waals surface area contributed by atoms with Gasteiger partial charge >= 0.3 is 0 Å². The Morgan fingerprint density at radius 3 is 2.36 bits per heavy atom. The van der Waals surface area contributed by atoms with E-state index in [1.165, 1.54) is 0 Å². The van der Waals surface area contributed by atoms with Crippen molar-refractivity contribution < 1.29 is 19.5 Å². The maximum Gasteiger partial charge on any atom is 0.247 e. The Bertz CT molecular complexity index is 1140. The second-order valence-corrected chi connectivity index (χ2v) is 14.5. The number of benzene rings is 1. The zero-order valence-electron chi connectivity index (χ0n) is 25.0. The van der Waals surface area contributed by atoms with Gasteiger partial charge in [0, 0.05) is 36.3 Å². The van der Waals surface area contributed by atoms with Crippen LogP contribution in [0.4, 0.5) is 0 Å². The van der Waals surface area contributed by atoms with Crippen LogP contribution in [-0.4, -0.2) is 97.2 Å². The minimum atomic E-state index is -0.774. The van der Waals surface area contributed by atoms with Crippen LogP contribution in [0.3, 0.4) is 0 Å². The first kappa shape index (κ1) is 32.8. The van der Waals surface area contributed by atoms with Gasteiger partial charge in [0.05, 0.1) is 29.2 Å². The summed E-state index contributed by atoms with van der Waals surface area (Å²) < 4.78 is -0.756. The molecule has 230 valence electrons. The number of carbonyl (C=O) groups excluding carboxylic acids is 3. The summed E-state index contributed by atoms with van der Waals surface area (Å²) in [4.78, 5) is 48.9. The van der Waals surface area contributed by atoms with Gasteiger partial charge in [0.15, 0.2) is 0 Å². The van der Waals surface area contributed by atoms with E-state index < -0.39 is 28.7 Å². The molecule has 4 rings (SSSR count). The van der Waals surface area contributed by atoms with E-state index in [0.29, 0.717) is 39.0 Å². The Kier molecular flexibility index (Phi) is 11.4. The van der Waals surface area contributed by atoms with Crippen LogP contribution in [-0.2, 0) is 20.8 Å². The summed E-state index contributed by atoms with van der Waals surface area (Å²) in [6, 6.07) is 8.41. The van der Waals surface area contributed by atoms with Gasteiger partial charge in [-0.25, -0.2) is 0 Å². The quantitative estimate of drug-likeness (QED) is 0.158. The molecule has 1 aromatic rings. The maximum atomic E-state index is 14.7. The highest BCUT2D eigenvalue weighted by atomic mass is 79.9. The molecule has 3 aliphatic heterocycles. The highest BCUT2D eigenvalue weighted by Crippen LogP contribution is 2.68. The Balaban J connectivity index is 1.79. The number of rotatable bonds is 16. The van der Waals surface area contributed by atoms with Crippen molar-refractivity contribution in [2.24, 2.45) is 11.8 Å². The largest absolute Gasteiger partial charge is 0.394 e. The Hall–Kier alpha value is -2.10. The summed E-state index contributed by atoms with van der Waals surface area (Å²) in [5, 5.41) is 10.6. The van der Waals surface area contributed by atoms with E-state index in [9.17, 15) is 19.5 Å². The molecule has 1 N–H and O–H groups in total. The van der Waals surface area contributed by atoms with E-state index >= 15 is 0 Å². The number of unbranched alkanes of at least 4 members (excludes halogenated alkanes) is 2. The molecular weight excluding hydrogens is 614 g/mol. The Morgan fingerprint density at radius 1 is 1.10 bits per heavy atom. The van der Waals surface area contributed by atoms with Crippen molar-refractivity contribution in [3.63, 3.8) is 0 Å². The number of hydrogen-bond acceptors (Lipinski definition) is 5. The van der Waals surface area contributed by atoms with Crippen LogP contribution in [0.5, 0.6) is 0 Å². The Labute approximate surface area is 263 Å². The minimum absolute atomic E-state index is 0.00222. The number of aliphatic hydroxyl groups is 1. The predicted octanol–water partition coefficient (Wildman–Crippen LogP) is 4.68. The number of aliphatic hydroxyl groups excluding tert-OH is 1. The van der Waals surface area contributed by atoms with Gasteiger partial charge in [0.1, 0.15) is 6.04 Å². The van der Waals surface area contributed by atoms with Gasteiger partial charge in [-0.2, -0.15) is 0 Å². The average Bonchev–Trinajstić information content (AvgIpc) is 3.58. The molecule has 3 saturated heterocycles. The molecule has 2 bridgehead atoms. The zero-order valence-corrected chi connectivity index (χ0v) is 27.4. The standard InChI is InChI=1S/C33H46BrN3O4S/c1-5-9-13-19-36(18-8-4)32(41)29-33-21-25(34)28(42-33)26(30(39)35(16-6-2)17-7-3)27(33)31(40)37(29)24(22-38)20-23-14-11-10-12-15-23/h6,8,10-12,14-15,24-29,38H,2,4-5,7,9,13,16-22H2,1,3H3/t24-,25?,26-,27+,28-,29?,33?/m1/s1. The fraction of sp³-hybridized carbons (Fsp3) is 0.606. The maximum absolute atomic E-state index is 14.7. The number of carbonyl (C=O) groups is 3. The number of halogens is 1. The van der Waals surface area contributed by atoms with E-state index in [0.717, 1.165) is 31.2 Å². The third-order valence-electron chi connectivity index (χ3n) is 9.01. The average molecular weight is 661 g/mol. The van der Waals surface area contributed by atoms with Crippen molar-refractivity contribution in [1.29, 1.82) is 0 Å². The molecule has 7 nitrogen and oxygen atoms in total. The molecule has 9 heteroatoms. The van der Waals surface area contributed by atoms with Gasteiger partial charge < -0.3 is 19.8 Å². The summed E-state index contributed by atoms with van der Waals surface area (Å²) in [6.45, 7) is 13.6. The number of fused-ring (bicyclic) bond motifs is 1. The lowest BCUT2D eigenvalue weighted by Crippen LogP contribution is -2.58. The molecule has 1 aromatic carbocycles. The number of thioether (sulfide) groups is 1. The second kappa shape index (κ2) is 14.6. The van der Waals surface area contributed by atoms with Crippen LogP contribution >= 0.6 is 27.7 Å². The lowest BCUT2D eigenvalue weighted by Gasteiger charge is -2.40. The summed E-state index contributed by atoms with van der Waals surface area (Å²) in [7, 11) is 0. The molecule has 0 aromatic heterocycles. The molecule has 3 heterocycles. The van der Waals surface area contributed by atoms with E-state index in [4.69, 9.17) is 0 Å². The zero-order chi connectivity index (χ0) is 30.4. The third kappa shape index (κ3) is 6.11. The lowest BCUT2D eigenvalue weighted by molar-refractivity contribution is -0.147. The molecule has 42 heavy (non-hydrogen) atoms. The van der Waals surface area contributed by atoms with E-state index in [1.807, 2.05) is 42.2 Å².